The highest BCUT2D eigenvalue weighted by atomic mass is 79.9. The summed E-state index contributed by atoms with van der Waals surface area (Å²) in [6.45, 7) is 0.314. The molecule has 1 fully saturated rings. The Labute approximate surface area is 109 Å². The summed E-state index contributed by atoms with van der Waals surface area (Å²) < 4.78 is 5.52. The Morgan fingerprint density at radius 2 is 2.18 bits per heavy atom. The largest absolute Gasteiger partial charge is 0.457 e. The first-order chi connectivity index (χ1) is 8.09. The van der Waals surface area contributed by atoms with Crippen LogP contribution in [0.5, 0.6) is 0 Å². The molecule has 2 rings (SSSR count). The molecule has 1 aromatic heterocycles. The number of rotatable bonds is 3. The molecular weight excluding hydrogens is 286 g/mol. The lowest BCUT2D eigenvalue weighted by Crippen LogP contribution is -2.44. The van der Waals surface area contributed by atoms with Crippen LogP contribution in [-0.2, 0) is 0 Å². The molecule has 5 heteroatoms. The molecule has 0 atom stereocenters. The van der Waals surface area contributed by atoms with E-state index in [1.54, 1.807) is 6.07 Å². The number of nitrogens with one attached hydrogen (secondary N) is 1. The third-order valence-electron chi connectivity index (χ3n) is 3.19. The van der Waals surface area contributed by atoms with Crippen LogP contribution in [0.2, 0.25) is 0 Å². The summed E-state index contributed by atoms with van der Waals surface area (Å²) in [5.41, 5.74) is -0.259. The molecule has 0 spiro atoms. The van der Waals surface area contributed by atoms with Gasteiger partial charge < -0.3 is 14.8 Å². The SMILES string of the molecule is O=C(NCC1(O)CCCCC1)c1coc(Br)c1. The number of hydrogen-bond acceptors (Lipinski definition) is 3. The van der Waals surface area contributed by atoms with Gasteiger partial charge in [0, 0.05) is 12.6 Å². The maximum absolute atomic E-state index is 11.7. The van der Waals surface area contributed by atoms with Crippen molar-refractivity contribution in [3.8, 4) is 0 Å². The minimum atomic E-state index is -0.727. The van der Waals surface area contributed by atoms with Crippen molar-refractivity contribution in [2.24, 2.45) is 0 Å². The van der Waals surface area contributed by atoms with Gasteiger partial charge in [0.05, 0.1) is 11.2 Å². The van der Waals surface area contributed by atoms with Gasteiger partial charge >= 0.3 is 0 Å². The van der Waals surface area contributed by atoms with Gasteiger partial charge in [0.1, 0.15) is 6.26 Å². The normalized spacial score (nSPS) is 18.9. The fraction of sp³-hybridized carbons (Fsp3) is 0.583. The van der Waals surface area contributed by atoms with Crippen molar-refractivity contribution in [1.29, 1.82) is 0 Å². The van der Waals surface area contributed by atoms with E-state index in [9.17, 15) is 9.90 Å². The fourth-order valence-electron chi connectivity index (χ4n) is 2.16. The van der Waals surface area contributed by atoms with Crippen LogP contribution in [0, 0.1) is 0 Å². The Bertz CT molecular complexity index is 396. The first-order valence-corrected chi connectivity index (χ1v) is 6.63. The highest BCUT2D eigenvalue weighted by Gasteiger charge is 2.29. The van der Waals surface area contributed by atoms with E-state index in [4.69, 9.17) is 4.42 Å². The van der Waals surface area contributed by atoms with Gasteiger partial charge in [-0.15, -0.1) is 0 Å². The van der Waals surface area contributed by atoms with Crippen LogP contribution in [0.1, 0.15) is 42.5 Å². The summed E-state index contributed by atoms with van der Waals surface area (Å²) in [4.78, 5) is 11.7. The Morgan fingerprint density at radius 3 is 2.76 bits per heavy atom. The zero-order chi connectivity index (χ0) is 12.3. The Morgan fingerprint density at radius 1 is 1.47 bits per heavy atom. The standard InChI is InChI=1S/C12H16BrNO3/c13-10-6-9(7-17-10)11(15)14-8-12(16)4-2-1-3-5-12/h6-7,16H,1-5,8H2,(H,14,15). The monoisotopic (exact) mass is 301 g/mol. The molecule has 1 saturated carbocycles. The van der Waals surface area contributed by atoms with Gasteiger partial charge in [-0.05, 0) is 28.8 Å². The summed E-state index contributed by atoms with van der Waals surface area (Å²) >= 11 is 3.14. The molecule has 1 amide bonds. The highest BCUT2D eigenvalue weighted by Crippen LogP contribution is 2.27. The zero-order valence-corrected chi connectivity index (χ0v) is 11.1. The predicted molar refractivity (Wildman–Crippen MR) is 66.8 cm³/mol. The number of halogens is 1. The van der Waals surface area contributed by atoms with Crippen molar-refractivity contribution in [2.45, 2.75) is 37.7 Å². The number of amides is 1. The lowest BCUT2D eigenvalue weighted by Gasteiger charge is -2.32. The maximum Gasteiger partial charge on any atom is 0.254 e. The van der Waals surface area contributed by atoms with E-state index in [1.165, 1.54) is 12.7 Å². The van der Waals surface area contributed by atoms with Crippen molar-refractivity contribution in [3.63, 3.8) is 0 Å². The summed E-state index contributed by atoms with van der Waals surface area (Å²) in [7, 11) is 0. The summed E-state index contributed by atoms with van der Waals surface area (Å²) in [5, 5.41) is 13.0. The quantitative estimate of drug-likeness (QED) is 0.901. The van der Waals surface area contributed by atoms with Gasteiger partial charge in [0.25, 0.3) is 5.91 Å². The molecular formula is C12H16BrNO3. The zero-order valence-electron chi connectivity index (χ0n) is 9.54. The molecule has 2 N–H and O–H groups in total. The Balaban J connectivity index is 1.87. The van der Waals surface area contributed by atoms with Crippen molar-refractivity contribution >= 4 is 21.8 Å². The van der Waals surface area contributed by atoms with Gasteiger partial charge in [0.15, 0.2) is 4.67 Å². The fourth-order valence-corrected chi connectivity index (χ4v) is 2.50. The minimum absolute atomic E-state index is 0.210. The van der Waals surface area contributed by atoms with Crippen LogP contribution in [0.15, 0.2) is 21.4 Å². The number of carbonyl (C=O) groups is 1. The molecule has 1 aliphatic rings. The molecule has 1 heterocycles. The summed E-state index contributed by atoms with van der Waals surface area (Å²) in [6.07, 6.45) is 6.16. The van der Waals surface area contributed by atoms with E-state index >= 15 is 0 Å². The van der Waals surface area contributed by atoms with E-state index in [1.807, 2.05) is 0 Å². The van der Waals surface area contributed by atoms with Crippen LogP contribution < -0.4 is 5.32 Å². The van der Waals surface area contributed by atoms with E-state index < -0.39 is 5.60 Å². The van der Waals surface area contributed by atoms with Crippen LogP contribution in [0.3, 0.4) is 0 Å². The number of hydrogen-bond donors (Lipinski definition) is 2. The molecule has 4 nitrogen and oxygen atoms in total. The molecule has 1 aliphatic carbocycles. The topological polar surface area (TPSA) is 62.5 Å². The minimum Gasteiger partial charge on any atom is -0.457 e. The number of carbonyl (C=O) groups excluding carboxylic acids is 1. The molecule has 0 unspecified atom stereocenters. The van der Waals surface area contributed by atoms with Crippen molar-refractivity contribution in [2.75, 3.05) is 6.54 Å². The van der Waals surface area contributed by atoms with Crippen molar-refractivity contribution in [3.05, 3.63) is 22.6 Å². The molecule has 0 aromatic carbocycles. The van der Waals surface area contributed by atoms with Crippen LogP contribution in [-0.4, -0.2) is 23.2 Å². The predicted octanol–water partition coefficient (Wildman–Crippen LogP) is 2.47. The van der Waals surface area contributed by atoms with Crippen LogP contribution in [0.4, 0.5) is 0 Å². The number of aliphatic hydroxyl groups is 1. The third-order valence-corrected chi connectivity index (χ3v) is 3.61. The molecule has 0 bridgehead atoms. The smallest absolute Gasteiger partial charge is 0.254 e. The van der Waals surface area contributed by atoms with Gasteiger partial charge in [-0.1, -0.05) is 19.3 Å². The van der Waals surface area contributed by atoms with Crippen LogP contribution >= 0.6 is 15.9 Å². The Kier molecular flexibility index (Phi) is 3.89. The van der Waals surface area contributed by atoms with Gasteiger partial charge in [0.2, 0.25) is 0 Å². The van der Waals surface area contributed by atoms with Gasteiger partial charge in [-0.25, -0.2) is 0 Å². The highest BCUT2D eigenvalue weighted by molar-refractivity contribution is 9.10. The van der Waals surface area contributed by atoms with E-state index in [2.05, 4.69) is 21.2 Å². The van der Waals surface area contributed by atoms with Gasteiger partial charge in [-0.2, -0.15) is 0 Å². The average molecular weight is 302 g/mol. The van der Waals surface area contributed by atoms with Crippen molar-refractivity contribution in [1.82, 2.24) is 5.32 Å². The molecule has 0 saturated heterocycles. The second-order valence-corrected chi connectivity index (χ2v) is 5.39. The van der Waals surface area contributed by atoms with E-state index in [-0.39, 0.29) is 5.91 Å². The Hall–Kier alpha value is -0.810. The molecule has 0 radical (unpaired) electrons. The first kappa shape index (κ1) is 12.6. The third kappa shape index (κ3) is 3.33. The molecule has 94 valence electrons. The maximum atomic E-state index is 11.7. The summed E-state index contributed by atoms with van der Waals surface area (Å²) in [5.74, 6) is -0.210. The second-order valence-electron chi connectivity index (χ2n) is 4.61. The molecule has 1 aromatic rings. The van der Waals surface area contributed by atoms with Crippen LogP contribution in [0.25, 0.3) is 0 Å². The number of furan rings is 1. The van der Waals surface area contributed by atoms with E-state index in [0.29, 0.717) is 16.8 Å². The molecule has 0 aliphatic heterocycles. The lowest BCUT2D eigenvalue weighted by molar-refractivity contribution is 0.00525. The first-order valence-electron chi connectivity index (χ1n) is 5.84. The van der Waals surface area contributed by atoms with Crippen molar-refractivity contribution < 1.29 is 14.3 Å². The van der Waals surface area contributed by atoms with E-state index in [0.717, 1.165) is 25.7 Å². The molecule has 17 heavy (non-hydrogen) atoms. The lowest BCUT2D eigenvalue weighted by atomic mass is 9.85. The van der Waals surface area contributed by atoms with Gasteiger partial charge in [-0.3, -0.25) is 4.79 Å². The second kappa shape index (κ2) is 5.23. The summed E-state index contributed by atoms with van der Waals surface area (Å²) in [6, 6.07) is 1.61. The average Bonchev–Trinajstić information content (AvgIpc) is 2.74.